The fraction of sp³-hybridized carbons (Fsp3) is 0. The molecule has 2 N–H and O–H groups in total. The maximum Gasteiger partial charge on any atom is 0.267 e. The van der Waals surface area contributed by atoms with Gasteiger partial charge >= 0.3 is 0 Å². The van der Waals surface area contributed by atoms with Crippen LogP contribution in [0, 0.1) is 11.3 Å². The van der Waals surface area contributed by atoms with Crippen LogP contribution in [0.25, 0.3) is 0 Å². The molecule has 2 rings (SSSR count). The third-order valence-corrected chi connectivity index (χ3v) is 4.42. The van der Waals surface area contributed by atoms with E-state index in [0.29, 0.717) is 26.4 Å². The van der Waals surface area contributed by atoms with Gasteiger partial charge in [-0.2, -0.15) is 5.26 Å². The molecule has 0 aliphatic heterocycles. The molecule has 4 nitrogen and oxygen atoms in total. The number of carbonyl (C=O) groups excluding carboxylic acids is 1. The Labute approximate surface area is 158 Å². The Bertz CT molecular complexity index is 859. The smallest absolute Gasteiger partial charge is 0.267 e. The molecule has 0 radical (unpaired) electrons. The average molecular weight is 401 g/mol. The molecular weight excluding hydrogens is 392 g/mol. The Kier molecular flexibility index (Phi) is 6.36. The van der Waals surface area contributed by atoms with Gasteiger partial charge in [0.05, 0.1) is 25.8 Å². The fourth-order valence-electron chi connectivity index (χ4n) is 1.69. The summed E-state index contributed by atoms with van der Waals surface area (Å²) in [4.78, 5) is 12.1. The SMILES string of the molecule is N#C/C(=C/Nc1cccc(Cl)c1Cl)C(=O)Nc1ccc(Cl)c(Cl)c1. The van der Waals surface area contributed by atoms with Crippen molar-refractivity contribution >= 4 is 63.7 Å². The highest BCUT2D eigenvalue weighted by Gasteiger charge is 2.11. The van der Waals surface area contributed by atoms with Gasteiger partial charge in [0.1, 0.15) is 11.6 Å². The summed E-state index contributed by atoms with van der Waals surface area (Å²) in [5.41, 5.74) is 0.729. The predicted octanol–water partition coefficient (Wildman–Crippen LogP) is 5.76. The summed E-state index contributed by atoms with van der Waals surface area (Å²) in [6.45, 7) is 0. The third-order valence-electron chi connectivity index (χ3n) is 2.87. The van der Waals surface area contributed by atoms with Crippen molar-refractivity contribution in [3.8, 4) is 6.07 Å². The Balaban J connectivity index is 2.15. The number of anilines is 2. The van der Waals surface area contributed by atoms with Gasteiger partial charge in [0.15, 0.2) is 0 Å². The second-order valence-corrected chi connectivity index (χ2v) is 6.10. The number of carbonyl (C=O) groups is 1. The lowest BCUT2D eigenvalue weighted by molar-refractivity contribution is -0.112. The second kappa shape index (κ2) is 8.27. The number of nitriles is 1. The first-order valence-corrected chi connectivity index (χ1v) is 8.00. The number of benzene rings is 2. The van der Waals surface area contributed by atoms with Gasteiger partial charge in [-0.05, 0) is 30.3 Å². The summed E-state index contributed by atoms with van der Waals surface area (Å²) >= 11 is 23.6. The van der Waals surface area contributed by atoms with E-state index < -0.39 is 5.91 Å². The molecule has 0 saturated heterocycles. The van der Waals surface area contributed by atoms with Gasteiger partial charge in [-0.3, -0.25) is 4.79 Å². The largest absolute Gasteiger partial charge is 0.359 e. The van der Waals surface area contributed by atoms with Crippen LogP contribution >= 0.6 is 46.4 Å². The number of nitrogens with zero attached hydrogens (tertiary/aromatic N) is 1. The maximum atomic E-state index is 12.1. The molecule has 0 spiro atoms. The molecule has 0 aliphatic carbocycles. The number of hydrogen-bond donors (Lipinski definition) is 2. The number of hydrogen-bond acceptors (Lipinski definition) is 3. The van der Waals surface area contributed by atoms with Crippen molar-refractivity contribution in [3.05, 3.63) is 68.3 Å². The van der Waals surface area contributed by atoms with E-state index in [4.69, 9.17) is 51.7 Å². The van der Waals surface area contributed by atoms with E-state index in [1.807, 2.05) is 0 Å². The van der Waals surface area contributed by atoms with Crippen LogP contribution in [-0.2, 0) is 4.79 Å². The summed E-state index contributed by atoms with van der Waals surface area (Å²) in [5, 5.41) is 15.8. The molecule has 0 atom stereocenters. The minimum atomic E-state index is -0.610. The van der Waals surface area contributed by atoms with E-state index in [1.54, 1.807) is 36.4 Å². The van der Waals surface area contributed by atoms with Gasteiger partial charge in [0.2, 0.25) is 0 Å². The minimum absolute atomic E-state index is 0.155. The van der Waals surface area contributed by atoms with Crippen molar-refractivity contribution in [1.29, 1.82) is 5.26 Å². The first-order valence-electron chi connectivity index (χ1n) is 6.49. The summed E-state index contributed by atoms with van der Waals surface area (Å²) < 4.78 is 0. The molecule has 0 heterocycles. The first-order chi connectivity index (χ1) is 11.4. The first kappa shape index (κ1) is 18.4. The van der Waals surface area contributed by atoms with Crippen molar-refractivity contribution in [1.82, 2.24) is 0 Å². The van der Waals surface area contributed by atoms with E-state index in [-0.39, 0.29) is 10.6 Å². The van der Waals surface area contributed by atoms with E-state index in [0.717, 1.165) is 0 Å². The Morgan fingerprint density at radius 1 is 1.04 bits per heavy atom. The lowest BCUT2D eigenvalue weighted by Gasteiger charge is -2.07. The highest BCUT2D eigenvalue weighted by atomic mass is 35.5. The Morgan fingerprint density at radius 3 is 2.46 bits per heavy atom. The molecule has 0 aromatic heterocycles. The van der Waals surface area contributed by atoms with Crippen molar-refractivity contribution in [2.45, 2.75) is 0 Å². The second-order valence-electron chi connectivity index (χ2n) is 4.50. The quantitative estimate of drug-likeness (QED) is 0.506. The molecule has 0 fully saturated rings. The van der Waals surface area contributed by atoms with Gasteiger partial charge in [-0.25, -0.2) is 0 Å². The molecule has 0 saturated carbocycles. The average Bonchev–Trinajstić information content (AvgIpc) is 2.55. The molecule has 0 unspecified atom stereocenters. The summed E-state index contributed by atoms with van der Waals surface area (Å²) in [5.74, 6) is -0.610. The zero-order valence-corrected chi connectivity index (χ0v) is 14.9. The van der Waals surface area contributed by atoms with Crippen LogP contribution in [0.5, 0.6) is 0 Å². The fourth-order valence-corrected chi connectivity index (χ4v) is 2.34. The molecule has 2 aromatic rings. The zero-order chi connectivity index (χ0) is 17.7. The van der Waals surface area contributed by atoms with Gasteiger partial charge in [0.25, 0.3) is 5.91 Å². The number of rotatable bonds is 4. The maximum absolute atomic E-state index is 12.1. The summed E-state index contributed by atoms with van der Waals surface area (Å²) in [6.07, 6.45) is 1.24. The van der Waals surface area contributed by atoms with Crippen LogP contribution in [0.3, 0.4) is 0 Å². The molecular formula is C16H9Cl4N3O. The van der Waals surface area contributed by atoms with Crippen LogP contribution in [0.1, 0.15) is 0 Å². The van der Waals surface area contributed by atoms with Gasteiger partial charge in [-0.1, -0.05) is 52.5 Å². The monoisotopic (exact) mass is 399 g/mol. The van der Waals surface area contributed by atoms with Gasteiger partial charge in [0, 0.05) is 11.9 Å². The lowest BCUT2D eigenvalue weighted by Crippen LogP contribution is -2.14. The zero-order valence-electron chi connectivity index (χ0n) is 11.9. The van der Waals surface area contributed by atoms with Crippen molar-refractivity contribution < 1.29 is 4.79 Å². The summed E-state index contributed by atoms with van der Waals surface area (Å²) in [7, 11) is 0. The van der Waals surface area contributed by atoms with Gasteiger partial charge in [-0.15, -0.1) is 0 Å². The predicted molar refractivity (Wildman–Crippen MR) is 98.9 cm³/mol. The van der Waals surface area contributed by atoms with Crippen molar-refractivity contribution in [2.75, 3.05) is 10.6 Å². The molecule has 24 heavy (non-hydrogen) atoms. The molecule has 0 aliphatic rings. The number of amides is 1. The Morgan fingerprint density at radius 2 is 1.79 bits per heavy atom. The van der Waals surface area contributed by atoms with Crippen LogP contribution in [0.2, 0.25) is 20.1 Å². The molecule has 8 heteroatoms. The van der Waals surface area contributed by atoms with Crippen LogP contribution in [0.15, 0.2) is 48.2 Å². The Hall–Kier alpha value is -1.90. The third kappa shape index (κ3) is 4.56. The standard InChI is InChI=1S/C16H9Cl4N3O/c17-11-5-4-10(6-13(11)19)23-16(24)9(7-21)8-22-14-3-1-2-12(18)15(14)20/h1-6,8,22H,(H,23,24)/b9-8-. The van der Waals surface area contributed by atoms with Crippen molar-refractivity contribution in [2.24, 2.45) is 0 Å². The van der Waals surface area contributed by atoms with E-state index >= 15 is 0 Å². The molecule has 122 valence electrons. The minimum Gasteiger partial charge on any atom is -0.359 e. The number of nitrogens with one attached hydrogen (secondary N) is 2. The van der Waals surface area contributed by atoms with Crippen LogP contribution in [-0.4, -0.2) is 5.91 Å². The van der Waals surface area contributed by atoms with E-state index in [1.165, 1.54) is 12.3 Å². The highest BCUT2D eigenvalue weighted by molar-refractivity contribution is 6.43. The normalized spacial score (nSPS) is 10.9. The van der Waals surface area contributed by atoms with E-state index in [2.05, 4.69) is 10.6 Å². The van der Waals surface area contributed by atoms with Crippen molar-refractivity contribution in [3.63, 3.8) is 0 Å². The number of halogens is 4. The summed E-state index contributed by atoms with van der Waals surface area (Å²) in [6, 6.07) is 11.4. The van der Waals surface area contributed by atoms with Crippen LogP contribution in [0.4, 0.5) is 11.4 Å². The molecule has 2 aromatic carbocycles. The molecule has 0 bridgehead atoms. The lowest BCUT2D eigenvalue weighted by atomic mass is 10.2. The van der Waals surface area contributed by atoms with Gasteiger partial charge < -0.3 is 10.6 Å². The van der Waals surface area contributed by atoms with E-state index in [9.17, 15) is 4.79 Å². The molecule has 1 amide bonds. The highest BCUT2D eigenvalue weighted by Crippen LogP contribution is 2.29. The van der Waals surface area contributed by atoms with Crippen LogP contribution < -0.4 is 10.6 Å². The topological polar surface area (TPSA) is 64.9 Å².